The summed E-state index contributed by atoms with van der Waals surface area (Å²) < 4.78 is 16.2. The van der Waals surface area contributed by atoms with Crippen LogP contribution in [0.25, 0.3) is 0 Å². The summed E-state index contributed by atoms with van der Waals surface area (Å²) in [7, 11) is 0. The smallest absolute Gasteiger partial charge is 0.226 e. The lowest BCUT2D eigenvalue weighted by molar-refractivity contribution is -0.116. The number of nitrogens with zero attached hydrogens (tertiary/aromatic N) is 3. The van der Waals surface area contributed by atoms with Gasteiger partial charge in [-0.3, -0.25) is 4.79 Å². The normalized spacial score (nSPS) is 21.1. The van der Waals surface area contributed by atoms with Crippen LogP contribution >= 0.6 is 11.6 Å². The highest BCUT2D eigenvalue weighted by Crippen LogP contribution is 2.44. The molecular formula is C21H16ClFN4O. The van der Waals surface area contributed by atoms with Gasteiger partial charge in [-0.1, -0.05) is 41.9 Å². The summed E-state index contributed by atoms with van der Waals surface area (Å²) in [6, 6.07) is 13.4. The minimum atomic E-state index is -0.622. The fraction of sp³-hybridized carbons (Fsp3) is 0.190. The van der Waals surface area contributed by atoms with Crippen molar-refractivity contribution in [2.45, 2.75) is 24.8 Å². The molecule has 0 saturated heterocycles. The number of fused-ring (bicyclic) bond motifs is 1. The quantitative estimate of drug-likeness (QED) is 0.695. The first-order chi connectivity index (χ1) is 13.6. The molecule has 140 valence electrons. The van der Waals surface area contributed by atoms with E-state index in [2.05, 4.69) is 15.4 Å². The van der Waals surface area contributed by atoms with Crippen molar-refractivity contribution in [3.8, 4) is 0 Å². The fourth-order valence-electron chi connectivity index (χ4n) is 4.13. The van der Waals surface area contributed by atoms with Crippen LogP contribution in [0.3, 0.4) is 0 Å². The topological polar surface area (TPSA) is 59.8 Å². The third-order valence-electron chi connectivity index (χ3n) is 5.38. The van der Waals surface area contributed by atoms with Crippen molar-refractivity contribution in [1.82, 2.24) is 14.8 Å². The maximum Gasteiger partial charge on any atom is 0.226 e. The molecule has 0 fully saturated rings. The maximum absolute atomic E-state index is 14.6. The van der Waals surface area contributed by atoms with Crippen LogP contribution in [0.1, 0.15) is 35.9 Å². The van der Waals surface area contributed by atoms with Crippen molar-refractivity contribution in [2.24, 2.45) is 0 Å². The van der Waals surface area contributed by atoms with Crippen LogP contribution < -0.4 is 5.32 Å². The van der Waals surface area contributed by atoms with E-state index in [1.165, 1.54) is 12.4 Å². The van der Waals surface area contributed by atoms with Crippen LogP contribution in [0, 0.1) is 5.82 Å². The van der Waals surface area contributed by atoms with E-state index in [1.54, 1.807) is 22.9 Å². The molecule has 1 aliphatic heterocycles. The third-order valence-corrected chi connectivity index (χ3v) is 5.62. The van der Waals surface area contributed by atoms with Gasteiger partial charge in [-0.2, -0.15) is 10.1 Å². The van der Waals surface area contributed by atoms with Crippen LogP contribution in [0.4, 0.5) is 10.3 Å². The summed E-state index contributed by atoms with van der Waals surface area (Å²) in [4.78, 5) is 17.5. The Kier molecular flexibility index (Phi) is 4.02. The molecule has 0 bridgehead atoms. The molecule has 2 aromatic carbocycles. The maximum atomic E-state index is 14.6. The Bertz CT molecular complexity index is 1120. The van der Waals surface area contributed by atoms with Gasteiger partial charge in [-0.25, -0.2) is 9.07 Å². The summed E-state index contributed by atoms with van der Waals surface area (Å²) in [6.45, 7) is 0. The van der Waals surface area contributed by atoms with Crippen LogP contribution in [0.2, 0.25) is 5.02 Å². The van der Waals surface area contributed by atoms with Crippen LogP contribution in [-0.4, -0.2) is 20.5 Å². The predicted octanol–water partition coefficient (Wildman–Crippen LogP) is 4.49. The van der Waals surface area contributed by atoms with Gasteiger partial charge >= 0.3 is 0 Å². The van der Waals surface area contributed by atoms with Crippen LogP contribution in [0.5, 0.6) is 0 Å². The first kappa shape index (κ1) is 17.1. The minimum absolute atomic E-state index is 0.00758. The molecule has 2 aliphatic rings. The predicted molar refractivity (Wildman–Crippen MR) is 104 cm³/mol. The highest BCUT2D eigenvalue weighted by molar-refractivity contribution is 6.30. The summed E-state index contributed by atoms with van der Waals surface area (Å²) in [5.74, 6) is 0.125. The molecule has 5 rings (SSSR count). The molecule has 1 N–H and O–H groups in total. The van der Waals surface area contributed by atoms with E-state index in [-0.39, 0.29) is 17.5 Å². The van der Waals surface area contributed by atoms with Gasteiger partial charge in [-0.15, -0.1) is 0 Å². The Morgan fingerprint density at radius 3 is 2.82 bits per heavy atom. The molecule has 5 nitrogen and oxygen atoms in total. The van der Waals surface area contributed by atoms with Crippen LogP contribution in [-0.2, 0) is 4.79 Å². The van der Waals surface area contributed by atoms with Crippen molar-refractivity contribution < 1.29 is 9.18 Å². The Hall–Kier alpha value is -2.99. The lowest BCUT2D eigenvalue weighted by Crippen LogP contribution is -2.34. The van der Waals surface area contributed by atoms with E-state index in [9.17, 15) is 9.18 Å². The Morgan fingerprint density at radius 2 is 2.00 bits per heavy atom. The molecule has 0 radical (unpaired) electrons. The molecule has 28 heavy (non-hydrogen) atoms. The lowest BCUT2D eigenvalue weighted by atomic mass is 9.78. The van der Waals surface area contributed by atoms with Crippen LogP contribution in [0.15, 0.2) is 66.1 Å². The molecule has 2 atom stereocenters. The number of allylic oxidation sites excluding steroid dienone is 2. The van der Waals surface area contributed by atoms with Gasteiger partial charge in [0.15, 0.2) is 5.78 Å². The van der Waals surface area contributed by atoms with Gasteiger partial charge in [0.05, 0.1) is 0 Å². The summed E-state index contributed by atoms with van der Waals surface area (Å²) in [5.41, 5.74) is 2.76. The standard InChI is InChI=1S/C21H16ClFN4O/c22-14-5-3-4-12(8-14)13-9-17-19(18(28)10-13)20(15-6-1-2-7-16(15)23)27-21(26-17)24-11-25-27/h1-8,11,13,20H,9-10H2,(H,24,25,26)/t13-,20+/m1/s1. The molecule has 0 unspecified atom stereocenters. The Labute approximate surface area is 165 Å². The zero-order valence-electron chi connectivity index (χ0n) is 14.8. The van der Waals surface area contributed by atoms with Gasteiger partial charge in [0.2, 0.25) is 5.95 Å². The van der Waals surface area contributed by atoms with Gasteiger partial charge in [-0.05, 0) is 36.1 Å². The highest BCUT2D eigenvalue weighted by atomic mass is 35.5. The Morgan fingerprint density at radius 1 is 1.14 bits per heavy atom. The zero-order chi connectivity index (χ0) is 19.3. The number of benzene rings is 2. The number of halogens is 2. The zero-order valence-corrected chi connectivity index (χ0v) is 15.5. The number of hydrogen-bond acceptors (Lipinski definition) is 4. The van der Waals surface area contributed by atoms with Gasteiger partial charge in [0.1, 0.15) is 18.2 Å². The van der Waals surface area contributed by atoms with Gasteiger partial charge in [0.25, 0.3) is 0 Å². The van der Waals surface area contributed by atoms with E-state index >= 15 is 0 Å². The first-order valence-electron chi connectivity index (χ1n) is 9.04. The first-order valence-corrected chi connectivity index (χ1v) is 9.42. The number of carbonyl (C=O) groups excluding carboxylic acids is 1. The molecule has 7 heteroatoms. The van der Waals surface area contributed by atoms with Crippen molar-refractivity contribution >= 4 is 23.3 Å². The number of rotatable bonds is 2. The number of aromatic nitrogens is 3. The fourth-order valence-corrected chi connectivity index (χ4v) is 4.33. The number of Topliss-reactive ketones (excluding diaryl/α,β-unsaturated/α-hetero) is 1. The third kappa shape index (κ3) is 2.72. The van der Waals surface area contributed by atoms with E-state index in [1.807, 2.05) is 24.3 Å². The van der Waals surface area contributed by atoms with Crippen molar-refractivity contribution in [1.29, 1.82) is 0 Å². The minimum Gasteiger partial charge on any atom is -0.328 e. The second kappa shape index (κ2) is 6.56. The Balaban J connectivity index is 1.62. The average Bonchev–Trinajstić information content (AvgIpc) is 3.15. The molecule has 0 amide bonds. The molecule has 0 saturated carbocycles. The van der Waals surface area contributed by atoms with Crippen molar-refractivity contribution in [3.63, 3.8) is 0 Å². The van der Waals surface area contributed by atoms with E-state index < -0.39 is 6.04 Å². The molecule has 1 aromatic heterocycles. The molecule has 0 spiro atoms. The molecular weight excluding hydrogens is 379 g/mol. The van der Waals surface area contributed by atoms with E-state index in [0.29, 0.717) is 34.9 Å². The SMILES string of the molecule is O=C1C[C@H](c2cccc(Cl)c2)CC2=C1[C@H](c1ccccc1F)n1ncnc1N2. The summed E-state index contributed by atoms with van der Waals surface area (Å²) >= 11 is 6.13. The highest BCUT2D eigenvalue weighted by Gasteiger charge is 2.40. The number of hydrogen-bond donors (Lipinski definition) is 1. The summed E-state index contributed by atoms with van der Waals surface area (Å²) in [6.07, 6.45) is 2.38. The van der Waals surface area contributed by atoms with E-state index in [0.717, 1.165) is 11.3 Å². The molecule has 1 aliphatic carbocycles. The number of carbonyl (C=O) groups is 1. The van der Waals surface area contributed by atoms with E-state index in [4.69, 9.17) is 11.6 Å². The van der Waals surface area contributed by atoms with Gasteiger partial charge < -0.3 is 5.32 Å². The van der Waals surface area contributed by atoms with Gasteiger partial charge in [0, 0.05) is 28.3 Å². The summed E-state index contributed by atoms with van der Waals surface area (Å²) in [5, 5.41) is 8.12. The lowest BCUT2D eigenvalue weighted by Gasteiger charge is -2.35. The number of ketones is 1. The van der Waals surface area contributed by atoms with Crippen molar-refractivity contribution in [3.05, 3.63) is 88.1 Å². The second-order valence-corrected chi connectivity index (χ2v) is 7.49. The molecule has 2 heterocycles. The largest absolute Gasteiger partial charge is 0.328 e. The second-order valence-electron chi connectivity index (χ2n) is 7.05. The monoisotopic (exact) mass is 394 g/mol. The van der Waals surface area contributed by atoms with Crippen molar-refractivity contribution in [2.75, 3.05) is 5.32 Å². The number of nitrogens with one attached hydrogen (secondary N) is 1. The molecule has 3 aromatic rings. The number of anilines is 1. The average molecular weight is 395 g/mol.